The summed E-state index contributed by atoms with van der Waals surface area (Å²) in [6.07, 6.45) is 0.536. The van der Waals surface area contributed by atoms with Gasteiger partial charge < -0.3 is 0 Å². The normalized spacial score (nSPS) is 31.0. The van der Waals surface area contributed by atoms with Crippen LogP contribution in [0.3, 0.4) is 0 Å². The van der Waals surface area contributed by atoms with Gasteiger partial charge in [0.05, 0.1) is 12.1 Å². The molecule has 0 amide bonds. The molecule has 7 heteroatoms. The summed E-state index contributed by atoms with van der Waals surface area (Å²) in [4.78, 5) is 7.84. The Morgan fingerprint density at radius 3 is 2.23 bits per heavy atom. The molecular weight excluding hydrogens is 351 g/mol. The van der Waals surface area contributed by atoms with E-state index in [1.807, 2.05) is 0 Å². The molecule has 2 aliphatic carbocycles. The second kappa shape index (κ2) is 7.10. The lowest BCUT2D eigenvalue weighted by Gasteiger charge is -2.45. The average Bonchev–Trinajstić information content (AvgIpc) is 2.64. The largest absolute Gasteiger partial charge is 0.343 e. The molecule has 0 bridgehead atoms. The zero-order valence-electron chi connectivity index (χ0n) is 14.3. The highest BCUT2D eigenvalue weighted by molar-refractivity contribution is 5.46. The average molecular weight is 372 g/mol. The highest BCUT2D eigenvalue weighted by atomic mass is 19.3. The Balaban J connectivity index is 2.05. The van der Waals surface area contributed by atoms with Crippen molar-refractivity contribution in [2.24, 2.45) is 9.98 Å². The first-order chi connectivity index (χ1) is 12.3. The van der Waals surface area contributed by atoms with Gasteiger partial charge in [-0.3, -0.25) is 0 Å². The van der Waals surface area contributed by atoms with Crippen LogP contribution in [0.25, 0.3) is 0 Å². The first-order valence-corrected chi connectivity index (χ1v) is 8.93. The van der Waals surface area contributed by atoms with E-state index in [0.29, 0.717) is 0 Å². The number of hydrogen-bond acceptors (Lipinski definition) is 2. The van der Waals surface area contributed by atoms with Crippen molar-refractivity contribution in [2.75, 3.05) is 0 Å². The number of hydrogen-bond donors (Lipinski definition) is 0. The topological polar surface area (TPSA) is 24.7 Å². The van der Waals surface area contributed by atoms with Crippen LogP contribution in [0.1, 0.15) is 50.5 Å². The van der Waals surface area contributed by atoms with Gasteiger partial charge in [-0.25, -0.2) is 14.4 Å². The van der Waals surface area contributed by atoms with Crippen LogP contribution in [0.4, 0.5) is 22.0 Å². The van der Waals surface area contributed by atoms with Crippen LogP contribution in [-0.4, -0.2) is 30.1 Å². The summed E-state index contributed by atoms with van der Waals surface area (Å²) in [6, 6.07) is 9.37. The van der Waals surface area contributed by atoms with E-state index in [0.717, 1.165) is 32.1 Å². The van der Waals surface area contributed by atoms with Crippen molar-refractivity contribution >= 4 is 6.01 Å². The molecule has 0 aliphatic heterocycles. The zero-order valence-corrected chi connectivity index (χ0v) is 14.3. The van der Waals surface area contributed by atoms with E-state index in [1.165, 1.54) is 24.3 Å². The molecule has 0 spiro atoms. The van der Waals surface area contributed by atoms with Crippen LogP contribution < -0.4 is 0 Å². The molecule has 3 rings (SSSR count). The monoisotopic (exact) mass is 372 g/mol. The van der Waals surface area contributed by atoms with E-state index in [9.17, 15) is 22.0 Å². The molecule has 2 nitrogen and oxygen atoms in total. The summed E-state index contributed by atoms with van der Waals surface area (Å²) in [5.41, 5.74) is -2.65. The van der Waals surface area contributed by atoms with Gasteiger partial charge in [0.25, 0.3) is 0 Å². The van der Waals surface area contributed by atoms with E-state index in [1.54, 1.807) is 6.07 Å². The number of rotatable bonds is 3. The lowest BCUT2D eigenvalue weighted by molar-refractivity contribution is -0.289. The predicted octanol–water partition coefficient (Wildman–Crippen LogP) is 5.79. The maximum Gasteiger partial charge on any atom is 0.343 e. The summed E-state index contributed by atoms with van der Waals surface area (Å²) < 4.78 is 71.5. The van der Waals surface area contributed by atoms with Gasteiger partial charge in [0.2, 0.25) is 0 Å². The second-order valence-electron chi connectivity index (χ2n) is 7.06. The number of benzene rings is 1. The number of alkyl halides is 5. The molecule has 1 aromatic rings. The molecule has 2 atom stereocenters. The SMILES string of the molecule is FC1CCC(N=C=NC2CCCCC2)(c2ccccc2)C(F)(F)C1(F)F. The standard InChI is InChI=1S/C19H21F5N2/c20-16-11-12-17(14-7-3-1-4-8-14,19(23,24)18(16,21)22)26-13-25-15-9-5-2-6-10-15/h1,3-4,7-8,15-16H,2,5-6,9-12H2. The summed E-state index contributed by atoms with van der Waals surface area (Å²) in [5.74, 6) is -9.49. The van der Waals surface area contributed by atoms with Gasteiger partial charge in [0.15, 0.2) is 11.7 Å². The van der Waals surface area contributed by atoms with Gasteiger partial charge in [-0.15, -0.1) is 0 Å². The molecule has 142 valence electrons. The van der Waals surface area contributed by atoms with Gasteiger partial charge in [-0.2, -0.15) is 17.6 Å². The molecule has 0 aromatic heterocycles. The Kier molecular flexibility index (Phi) is 5.20. The fourth-order valence-corrected chi connectivity index (χ4v) is 3.78. The molecule has 2 aliphatic rings. The Labute approximate surface area is 149 Å². The van der Waals surface area contributed by atoms with Gasteiger partial charge in [0, 0.05) is 0 Å². The van der Waals surface area contributed by atoms with Crippen LogP contribution in [0.2, 0.25) is 0 Å². The van der Waals surface area contributed by atoms with Crippen molar-refractivity contribution in [1.82, 2.24) is 0 Å². The van der Waals surface area contributed by atoms with Crippen LogP contribution in [0.15, 0.2) is 40.3 Å². The fraction of sp³-hybridized carbons (Fsp3) is 0.632. The molecule has 0 radical (unpaired) electrons. The van der Waals surface area contributed by atoms with E-state index in [4.69, 9.17) is 0 Å². The van der Waals surface area contributed by atoms with Crippen molar-refractivity contribution < 1.29 is 22.0 Å². The van der Waals surface area contributed by atoms with Crippen LogP contribution in [0, 0.1) is 0 Å². The summed E-state index contributed by atoms with van der Waals surface area (Å²) >= 11 is 0. The smallest absolute Gasteiger partial charge is 0.241 e. The molecular formula is C19H21F5N2. The van der Waals surface area contributed by atoms with Crippen molar-refractivity contribution in [2.45, 2.75) is 74.5 Å². The number of aliphatic imine (C=N–C) groups is 2. The maximum atomic E-state index is 14.8. The molecule has 26 heavy (non-hydrogen) atoms. The lowest BCUT2D eigenvalue weighted by atomic mass is 9.71. The molecule has 1 aromatic carbocycles. The van der Waals surface area contributed by atoms with Gasteiger partial charge in [0.1, 0.15) is 0 Å². The third kappa shape index (κ3) is 3.07. The zero-order chi connectivity index (χ0) is 18.8. The quantitative estimate of drug-likeness (QED) is 0.474. The molecule has 2 saturated carbocycles. The van der Waals surface area contributed by atoms with Crippen molar-refractivity contribution in [3.8, 4) is 0 Å². The van der Waals surface area contributed by atoms with Crippen molar-refractivity contribution in [1.29, 1.82) is 0 Å². The molecule has 0 heterocycles. The minimum Gasteiger partial charge on any atom is -0.241 e. The van der Waals surface area contributed by atoms with Crippen LogP contribution >= 0.6 is 0 Å². The number of nitrogens with zero attached hydrogens (tertiary/aromatic N) is 2. The predicted molar refractivity (Wildman–Crippen MR) is 88.9 cm³/mol. The maximum absolute atomic E-state index is 14.8. The minimum atomic E-state index is -4.81. The highest BCUT2D eigenvalue weighted by Gasteiger charge is 2.75. The first kappa shape index (κ1) is 19.0. The van der Waals surface area contributed by atoms with E-state index in [-0.39, 0.29) is 11.6 Å². The van der Waals surface area contributed by atoms with E-state index < -0.39 is 36.4 Å². The van der Waals surface area contributed by atoms with Crippen molar-refractivity contribution in [3.63, 3.8) is 0 Å². The summed E-state index contributed by atoms with van der Waals surface area (Å²) in [5, 5.41) is 0. The van der Waals surface area contributed by atoms with Gasteiger partial charge in [-0.1, -0.05) is 49.6 Å². The lowest BCUT2D eigenvalue weighted by Crippen LogP contribution is -2.63. The highest BCUT2D eigenvalue weighted by Crippen LogP contribution is 2.58. The summed E-state index contributed by atoms with van der Waals surface area (Å²) in [7, 11) is 0. The van der Waals surface area contributed by atoms with Gasteiger partial charge in [-0.05, 0) is 31.2 Å². The third-order valence-electron chi connectivity index (χ3n) is 5.40. The molecule has 0 N–H and O–H groups in total. The Hall–Kier alpha value is -1.75. The van der Waals surface area contributed by atoms with Crippen LogP contribution in [0.5, 0.6) is 0 Å². The molecule has 2 fully saturated rings. The van der Waals surface area contributed by atoms with Crippen molar-refractivity contribution in [3.05, 3.63) is 35.9 Å². The molecule has 0 saturated heterocycles. The number of halogens is 5. The third-order valence-corrected chi connectivity index (χ3v) is 5.40. The Morgan fingerprint density at radius 1 is 0.923 bits per heavy atom. The second-order valence-corrected chi connectivity index (χ2v) is 7.06. The van der Waals surface area contributed by atoms with Crippen LogP contribution in [-0.2, 0) is 5.54 Å². The van der Waals surface area contributed by atoms with E-state index in [2.05, 4.69) is 16.0 Å². The molecule has 2 unspecified atom stereocenters. The first-order valence-electron chi connectivity index (χ1n) is 8.93. The van der Waals surface area contributed by atoms with E-state index >= 15 is 0 Å². The fourth-order valence-electron chi connectivity index (χ4n) is 3.78. The minimum absolute atomic E-state index is 0.0769. The van der Waals surface area contributed by atoms with Gasteiger partial charge >= 0.3 is 11.8 Å². The summed E-state index contributed by atoms with van der Waals surface area (Å²) in [6.45, 7) is 0. The Bertz CT molecular complexity index is 678. The Morgan fingerprint density at radius 2 is 1.58 bits per heavy atom.